The molecule has 0 radical (unpaired) electrons. The number of benzene rings is 1. The highest BCUT2D eigenvalue weighted by atomic mass is 32.2. The van der Waals surface area contributed by atoms with Crippen LogP contribution in [0.2, 0.25) is 0 Å². The summed E-state index contributed by atoms with van der Waals surface area (Å²) in [5.41, 5.74) is 0.921. The van der Waals surface area contributed by atoms with Crippen LogP contribution in [0.5, 0.6) is 0 Å². The van der Waals surface area contributed by atoms with Gasteiger partial charge in [-0.1, -0.05) is 25.0 Å². The Morgan fingerprint density at radius 3 is 2.24 bits per heavy atom. The summed E-state index contributed by atoms with van der Waals surface area (Å²) in [6.07, 6.45) is -0.140. The van der Waals surface area contributed by atoms with E-state index >= 15 is 0 Å². The lowest BCUT2D eigenvalue weighted by Gasteiger charge is -2.35. The number of hydrogen-bond donors (Lipinski definition) is 1. The van der Waals surface area contributed by atoms with E-state index in [9.17, 15) is 31.2 Å². The Morgan fingerprint density at radius 2 is 1.70 bits per heavy atom. The van der Waals surface area contributed by atoms with E-state index in [0.29, 0.717) is 13.0 Å². The van der Waals surface area contributed by atoms with Gasteiger partial charge >= 0.3 is 6.18 Å². The van der Waals surface area contributed by atoms with Crippen LogP contribution >= 0.6 is 0 Å². The second-order valence-electron chi connectivity index (χ2n) is 8.96. The molecule has 1 heterocycles. The Morgan fingerprint density at radius 1 is 1.06 bits per heavy atom. The quantitative estimate of drug-likeness (QED) is 0.606. The van der Waals surface area contributed by atoms with Crippen molar-refractivity contribution in [3.05, 3.63) is 35.4 Å². The van der Waals surface area contributed by atoms with Crippen molar-refractivity contribution in [3.63, 3.8) is 0 Å². The molecule has 1 atom stereocenters. The average Bonchev–Trinajstić information content (AvgIpc) is 3.36. The van der Waals surface area contributed by atoms with Gasteiger partial charge in [-0.3, -0.25) is 14.5 Å². The molecule has 11 heteroatoms. The molecule has 1 aromatic rings. The maximum atomic E-state index is 13.2. The van der Waals surface area contributed by atoms with E-state index in [1.54, 1.807) is 19.2 Å². The van der Waals surface area contributed by atoms with Gasteiger partial charge in [-0.2, -0.15) is 13.2 Å². The summed E-state index contributed by atoms with van der Waals surface area (Å²) >= 11 is 0. The van der Waals surface area contributed by atoms with Gasteiger partial charge < -0.3 is 10.2 Å². The molecule has 1 aliphatic carbocycles. The summed E-state index contributed by atoms with van der Waals surface area (Å²) in [5.74, 6) is -0.750. The van der Waals surface area contributed by atoms with Gasteiger partial charge in [-0.15, -0.1) is 0 Å². The Hall–Kier alpha value is -2.14. The fourth-order valence-electron chi connectivity index (χ4n) is 4.61. The van der Waals surface area contributed by atoms with E-state index in [-0.39, 0.29) is 41.6 Å². The second-order valence-corrected chi connectivity index (χ2v) is 11.2. The van der Waals surface area contributed by atoms with Crippen molar-refractivity contribution in [3.8, 4) is 0 Å². The van der Waals surface area contributed by atoms with Gasteiger partial charge in [0.05, 0.1) is 18.1 Å². The van der Waals surface area contributed by atoms with Crippen molar-refractivity contribution in [2.75, 3.05) is 31.6 Å². The van der Waals surface area contributed by atoms with Crippen LogP contribution in [0, 0.1) is 0 Å². The Kier molecular flexibility index (Phi) is 8.04. The number of sulfone groups is 1. The van der Waals surface area contributed by atoms with Gasteiger partial charge in [-0.25, -0.2) is 8.42 Å². The first-order valence-electron chi connectivity index (χ1n) is 11.1. The minimum absolute atomic E-state index is 0.0246. The van der Waals surface area contributed by atoms with Crippen molar-refractivity contribution in [2.24, 2.45) is 0 Å². The highest BCUT2D eigenvalue weighted by Crippen LogP contribution is 2.29. The van der Waals surface area contributed by atoms with Crippen LogP contribution in [-0.4, -0.2) is 79.9 Å². The summed E-state index contributed by atoms with van der Waals surface area (Å²) in [5, 5.41) is 1.83. The van der Waals surface area contributed by atoms with Gasteiger partial charge in [0.2, 0.25) is 5.91 Å². The monoisotopic (exact) mass is 489 g/mol. The molecule has 0 bridgehead atoms. The van der Waals surface area contributed by atoms with Crippen LogP contribution in [0.4, 0.5) is 13.2 Å². The maximum absolute atomic E-state index is 13.2. The zero-order chi connectivity index (χ0) is 24.2. The van der Waals surface area contributed by atoms with Crippen molar-refractivity contribution >= 4 is 21.7 Å². The average molecular weight is 490 g/mol. The third-order valence-electron chi connectivity index (χ3n) is 6.13. The molecule has 3 rings (SSSR count). The topological polar surface area (TPSA) is 86.8 Å². The van der Waals surface area contributed by atoms with Crippen molar-refractivity contribution < 1.29 is 31.2 Å². The zero-order valence-electron chi connectivity index (χ0n) is 18.6. The number of hydrogen-bond acceptors (Lipinski definition) is 5. The predicted molar refractivity (Wildman–Crippen MR) is 117 cm³/mol. The number of nitrogens with one attached hydrogen (secondary N) is 1. The molecule has 33 heavy (non-hydrogen) atoms. The van der Waals surface area contributed by atoms with Crippen molar-refractivity contribution in [1.29, 1.82) is 0 Å². The molecule has 1 unspecified atom stereocenters. The van der Waals surface area contributed by atoms with Crippen molar-refractivity contribution in [1.82, 2.24) is 15.1 Å². The van der Waals surface area contributed by atoms with Gasteiger partial charge in [0, 0.05) is 24.2 Å². The number of amides is 2. The minimum atomic E-state index is -4.47. The fraction of sp³-hybridized carbons (Fsp3) is 0.636. The van der Waals surface area contributed by atoms with Crippen LogP contribution in [0.1, 0.15) is 48.0 Å². The summed E-state index contributed by atoms with van der Waals surface area (Å²) in [6.45, 7) is -0.864. The molecule has 0 spiro atoms. The number of alkyl halides is 3. The first-order valence-corrected chi connectivity index (χ1v) is 12.9. The Bertz CT molecular complexity index is 945. The molecule has 1 aromatic carbocycles. The molecule has 1 saturated carbocycles. The van der Waals surface area contributed by atoms with Crippen LogP contribution in [0.25, 0.3) is 0 Å². The first-order chi connectivity index (χ1) is 15.4. The summed E-state index contributed by atoms with van der Waals surface area (Å²) in [7, 11) is -1.33. The molecular formula is C22H30F3N3O4S. The van der Waals surface area contributed by atoms with E-state index in [2.05, 4.69) is 0 Å². The molecule has 1 saturated heterocycles. The molecule has 1 N–H and O–H groups in total. The number of nitrogens with zero attached hydrogens (tertiary/aromatic N) is 2. The fourth-order valence-corrected chi connectivity index (χ4v) is 6.32. The predicted octanol–water partition coefficient (Wildman–Crippen LogP) is 2.37. The summed E-state index contributed by atoms with van der Waals surface area (Å²) in [4.78, 5) is 28.6. The van der Waals surface area contributed by atoms with Gasteiger partial charge in [0.25, 0.3) is 5.91 Å². The van der Waals surface area contributed by atoms with Gasteiger partial charge in [-0.05, 0) is 44.0 Å². The minimum Gasteiger partial charge on any atom is -0.343 e. The van der Waals surface area contributed by atoms with E-state index in [1.165, 1.54) is 12.1 Å². The highest BCUT2D eigenvalue weighted by Gasteiger charge is 2.39. The Labute approximate surface area is 192 Å². The lowest BCUT2D eigenvalue weighted by atomic mass is 10.1. The van der Waals surface area contributed by atoms with Crippen molar-refractivity contribution in [2.45, 2.75) is 56.9 Å². The van der Waals surface area contributed by atoms with E-state index < -0.39 is 28.5 Å². The number of carbonyl (C=O) groups is 2. The highest BCUT2D eigenvalue weighted by molar-refractivity contribution is 7.91. The first kappa shape index (κ1) is 25.5. The van der Waals surface area contributed by atoms with Crippen LogP contribution < -0.4 is 5.32 Å². The molecule has 2 aliphatic rings. The molecule has 184 valence electrons. The van der Waals surface area contributed by atoms with Crippen LogP contribution in [-0.2, 0) is 21.2 Å². The largest absolute Gasteiger partial charge is 0.405 e. The number of likely N-dealkylation sites (N-methyl/N-ethyl adjacent to an activating group) is 1. The number of rotatable bonds is 8. The van der Waals surface area contributed by atoms with E-state index in [1.807, 2.05) is 15.1 Å². The summed E-state index contributed by atoms with van der Waals surface area (Å²) in [6, 6.07) is 5.99. The summed E-state index contributed by atoms with van der Waals surface area (Å²) < 4.78 is 60.7. The van der Waals surface area contributed by atoms with Crippen LogP contribution in [0.15, 0.2) is 24.3 Å². The third kappa shape index (κ3) is 7.43. The zero-order valence-corrected chi connectivity index (χ0v) is 19.4. The lowest BCUT2D eigenvalue weighted by Crippen LogP contribution is -2.50. The maximum Gasteiger partial charge on any atom is 0.405 e. The van der Waals surface area contributed by atoms with E-state index in [0.717, 1.165) is 31.2 Å². The number of carbonyl (C=O) groups excluding carboxylic acids is 2. The molecule has 0 aromatic heterocycles. The second kappa shape index (κ2) is 10.4. The molecule has 2 fully saturated rings. The normalized spacial score (nSPS) is 20.8. The van der Waals surface area contributed by atoms with Gasteiger partial charge in [0.1, 0.15) is 6.54 Å². The van der Waals surface area contributed by atoms with Crippen LogP contribution in [0.3, 0.4) is 0 Å². The number of halogens is 3. The lowest BCUT2D eigenvalue weighted by molar-refractivity contribution is -0.136. The third-order valence-corrected chi connectivity index (χ3v) is 7.88. The molecular weight excluding hydrogens is 459 g/mol. The SMILES string of the molecule is CN(CC(=O)N(C1CCCC1)C1CCS(=O)(=O)C1)Cc1ccc(C(=O)NCC(F)(F)F)cc1. The standard InChI is InChI=1S/C22H30F3N3O4S/c1-27(12-16-6-8-17(9-7-16)21(30)26-15-22(23,24)25)13-20(29)28(18-4-2-3-5-18)19-10-11-33(31,32)14-19/h6-9,18-19H,2-5,10-15H2,1H3,(H,26,30). The molecule has 7 nitrogen and oxygen atoms in total. The molecule has 2 amide bonds. The van der Waals surface area contributed by atoms with E-state index in [4.69, 9.17) is 0 Å². The smallest absolute Gasteiger partial charge is 0.343 e. The van der Waals surface area contributed by atoms with Gasteiger partial charge in [0.15, 0.2) is 9.84 Å². The molecule has 1 aliphatic heterocycles. The Balaban J connectivity index is 1.57.